The van der Waals surface area contributed by atoms with Gasteiger partial charge in [0.2, 0.25) is 5.91 Å². The Kier molecular flexibility index (Phi) is 9.33. The number of para-hydroxylation sites is 1. The molecular formula is C28H35N3O2. The van der Waals surface area contributed by atoms with E-state index < -0.39 is 0 Å². The van der Waals surface area contributed by atoms with Crippen molar-refractivity contribution in [1.82, 2.24) is 10.2 Å². The van der Waals surface area contributed by atoms with Crippen molar-refractivity contribution in [2.24, 2.45) is 0 Å². The summed E-state index contributed by atoms with van der Waals surface area (Å²) >= 11 is 0. The number of hydrogen-bond acceptors (Lipinski definition) is 4. The summed E-state index contributed by atoms with van der Waals surface area (Å²) in [6.07, 6.45) is 1.20. The molecule has 1 N–H and O–H groups in total. The summed E-state index contributed by atoms with van der Waals surface area (Å²) in [5.41, 5.74) is 3.47. The molecule has 4 rings (SSSR count). The Morgan fingerprint density at radius 1 is 0.939 bits per heavy atom. The van der Waals surface area contributed by atoms with Gasteiger partial charge in [0.15, 0.2) is 0 Å². The average Bonchev–Trinajstić information content (AvgIpc) is 2.85. The molecule has 1 amide bonds. The van der Waals surface area contributed by atoms with Crippen molar-refractivity contribution in [3.05, 3.63) is 90.0 Å². The first-order valence-electron chi connectivity index (χ1n) is 11.6. The number of ether oxygens (including phenoxy) is 1. The smallest absolute Gasteiger partial charge is 0.222 e. The van der Waals surface area contributed by atoms with Crippen LogP contribution in [0.1, 0.15) is 17.5 Å². The number of hydrogen-bond donors (Lipinski definition) is 1. The van der Waals surface area contributed by atoms with Crippen LogP contribution >= 0.6 is 0 Å². The van der Waals surface area contributed by atoms with Gasteiger partial charge in [-0.25, -0.2) is 0 Å². The Hall–Kier alpha value is -3.31. The lowest BCUT2D eigenvalue weighted by Crippen LogP contribution is -2.46. The largest absolute Gasteiger partial charge is 0.457 e. The van der Waals surface area contributed by atoms with E-state index in [-0.39, 0.29) is 5.91 Å². The molecule has 33 heavy (non-hydrogen) atoms. The third-order valence-corrected chi connectivity index (χ3v) is 5.55. The van der Waals surface area contributed by atoms with Crippen molar-refractivity contribution in [2.75, 3.05) is 45.2 Å². The Morgan fingerprint density at radius 3 is 2.30 bits per heavy atom. The maximum atomic E-state index is 12.4. The van der Waals surface area contributed by atoms with Gasteiger partial charge in [-0.05, 0) is 37.1 Å². The summed E-state index contributed by atoms with van der Waals surface area (Å²) in [6, 6.07) is 26.2. The molecule has 3 aromatic rings. The molecule has 5 nitrogen and oxygen atoms in total. The highest BCUT2D eigenvalue weighted by molar-refractivity contribution is 5.76. The molecule has 0 spiro atoms. The number of rotatable bonds is 6. The number of nitrogens with zero attached hydrogens (tertiary/aromatic N) is 2. The van der Waals surface area contributed by atoms with Crippen LogP contribution in [0.25, 0.3) is 0 Å². The molecule has 0 saturated carbocycles. The molecule has 3 aromatic carbocycles. The molecule has 1 fully saturated rings. The Bertz CT molecular complexity index is 999. The molecule has 1 aliphatic rings. The van der Waals surface area contributed by atoms with E-state index in [9.17, 15) is 4.79 Å². The Morgan fingerprint density at radius 2 is 1.64 bits per heavy atom. The van der Waals surface area contributed by atoms with Crippen molar-refractivity contribution in [2.45, 2.75) is 19.8 Å². The zero-order valence-corrected chi connectivity index (χ0v) is 20.0. The monoisotopic (exact) mass is 445 g/mol. The van der Waals surface area contributed by atoms with E-state index in [2.05, 4.69) is 24.4 Å². The molecule has 0 radical (unpaired) electrons. The number of piperazine rings is 1. The minimum absolute atomic E-state index is 0.218. The molecule has 1 heterocycles. The minimum atomic E-state index is 0.218. The van der Waals surface area contributed by atoms with Gasteiger partial charge in [0, 0.05) is 58.4 Å². The molecule has 0 aromatic heterocycles. The van der Waals surface area contributed by atoms with Crippen molar-refractivity contribution >= 4 is 11.6 Å². The third-order valence-electron chi connectivity index (χ3n) is 5.55. The summed E-state index contributed by atoms with van der Waals surface area (Å²) < 4.78 is 6.12. The van der Waals surface area contributed by atoms with Gasteiger partial charge in [0.1, 0.15) is 11.5 Å². The van der Waals surface area contributed by atoms with Crippen molar-refractivity contribution in [3.63, 3.8) is 0 Å². The van der Waals surface area contributed by atoms with E-state index in [0.29, 0.717) is 12.8 Å². The van der Waals surface area contributed by atoms with Crippen LogP contribution in [0.2, 0.25) is 0 Å². The number of anilines is 1. The zero-order chi connectivity index (χ0) is 23.5. The molecule has 0 aliphatic carbocycles. The van der Waals surface area contributed by atoms with Gasteiger partial charge < -0.3 is 19.9 Å². The molecule has 5 heteroatoms. The van der Waals surface area contributed by atoms with Crippen LogP contribution in [0.3, 0.4) is 0 Å². The van der Waals surface area contributed by atoms with Crippen LogP contribution in [-0.4, -0.2) is 51.1 Å². The highest BCUT2D eigenvalue weighted by Crippen LogP contribution is 2.28. The number of carbonyl (C=O) groups excluding carboxylic acids is 1. The summed E-state index contributed by atoms with van der Waals surface area (Å²) in [4.78, 5) is 16.4. The van der Waals surface area contributed by atoms with E-state index >= 15 is 0 Å². The topological polar surface area (TPSA) is 44.8 Å². The zero-order valence-electron chi connectivity index (χ0n) is 20.0. The quantitative estimate of drug-likeness (QED) is 0.586. The van der Waals surface area contributed by atoms with Crippen molar-refractivity contribution in [3.8, 4) is 11.5 Å². The maximum absolute atomic E-state index is 12.4. The molecule has 1 saturated heterocycles. The fourth-order valence-corrected chi connectivity index (χ4v) is 3.61. The lowest BCUT2D eigenvalue weighted by Gasteiger charge is -2.27. The fourth-order valence-electron chi connectivity index (χ4n) is 3.61. The fraction of sp³-hybridized carbons (Fsp3) is 0.321. The van der Waals surface area contributed by atoms with Crippen LogP contribution in [-0.2, 0) is 11.2 Å². The van der Waals surface area contributed by atoms with E-state index in [1.807, 2.05) is 90.6 Å². The molecule has 0 atom stereocenters. The standard InChI is InChI=1S/C21H27N3O2.C7H8/c1-23(2)18-7-5-8-19(16-18)26-20-9-4-3-6-17(20)10-11-21(25)24-14-12-22-13-15-24;1-7-5-3-2-4-6-7/h3-9,16,22H,10-15H2,1-2H3;2-6H,1H3. The van der Waals surface area contributed by atoms with Crippen LogP contribution in [0.15, 0.2) is 78.9 Å². The van der Waals surface area contributed by atoms with Gasteiger partial charge in [-0.3, -0.25) is 4.79 Å². The van der Waals surface area contributed by atoms with Gasteiger partial charge in [0.25, 0.3) is 0 Å². The number of nitrogens with one attached hydrogen (secondary N) is 1. The second-order valence-electron chi connectivity index (χ2n) is 8.39. The van der Waals surface area contributed by atoms with Gasteiger partial charge in [-0.2, -0.15) is 0 Å². The number of aryl methyl sites for hydroxylation is 2. The summed E-state index contributed by atoms with van der Waals surface area (Å²) in [6.45, 7) is 5.45. The average molecular weight is 446 g/mol. The Balaban J connectivity index is 0.000000374. The first-order chi connectivity index (χ1) is 16.0. The normalized spacial score (nSPS) is 13.0. The van der Waals surface area contributed by atoms with Crippen molar-refractivity contribution in [1.29, 1.82) is 0 Å². The van der Waals surface area contributed by atoms with Crippen LogP contribution in [0, 0.1) is 6.92 Å². The summed E-state index contributed by atoms with van der Waals surface area (Å²) in [5, 5.41) is 3.27. The lowest BCUT2D eigenvalue weighted by molar-refractivity contribution is -0.131. The second-order valence-corrected chi connectivity index (χ2v) is 8.39. The predicted molar refractivity (Wildman–Crippen MR) is 136 cm³/mol. The Labute approximate surface area is 198 Å². The van der Waals surface area contributed by atoms with Crippen LogP contribution in [0.4, 0.5) is 5.69 Å². The van der Waals surface area contributed by atoms with E-state index in [0.717, 1.165) is 48.9 Å². The minimum Gasteiger partial charge on any atom is -0.457 e. The molecule has 0 unspecified atom stereocenters. The van der Waals surface area contributed by atoms with Gasteiger partial charge in [-0.1, -0.05) is 60.2 Å². The first kappa shape index (κ1) is 24.3. The van der Waals surface area contributed by atoms with Crippen LogP contribution in [0.5, 0.6) is 11.5 Å². The SMILES string of the molecule is CN(C)c1cccc(Oc2ccccc2CCC(=O)N2CCNCC2)c1.Cc1ccccc1. The lowest BCUT2D eigenvalue weighted by atomic mass is 10.1. The van der Waals surface area contributed by atoms with E-state index in [1.54, 1.807) is 0 Å². The van der Waals surface area contributed by atoms with Crippen LogP contribution < -0.4 is 15.0 Å². The van der Waals surface area contributed by atoms with Gasteiger partial charge in [0.05, 0.1) is 0 Å². The van der Waals surface area contributed by atoms with E-state index in [4.69, 9.17) is 4.74 Å². The van der Waals surface area contributed by atoms with Gasteiger partial charge >= 0.3 is 0 Å². The van der Waals surface area contributed by atoms with Crippen molar-refractivity contribution < 1.29 is 9.53 Å². The molecule has 1 aliphatic heterocycles. The molecule has 0 bridgehead atoms. The number of amides is 1. The van der Waals surface area contributed by atoms with E-state index in [1.165, 1.54) is 5.56 Å². The summed E-state index contributed by atoms with van der Waals surface area (Å²) in [5.74, 6) is 1.84. The highest BCUT2D eigenvalue weighted by Gasteiger charge is 2.16. The first-order valence-corrected chi connectivity index (χ1v) is 11.6. The molecule has 174 valence electrons. The number of carbonyl (C=O) groups is 1. The second kappa shape index (κ2) is 12.7. The maximum Gasteiger partial charge on any atom is 0.222 e. The van der Waals surface area contributed by atoms with Gasteiger partial charge in [-0.15, -0.1) is 0 Å². The predicted octanol–water partition coefficient (Wildman–Crippen LogP) is 4.90. The third kappa shape index (κ3) is 7.95. The summed E-state index contributed by atoms with van der Waals surface area (Å²) in [7, 11) is 4.02. The number of benzene rings is 3. The highest BCUT2D eigenvalue weighted by atomic mass is 16.5. The molecular weight excluding hydrogens is 410 g/mol.